The van der Waals surface area contributed by atoms with Gasteiger partial charge in [0.25, 0.3) is 0 Å². The van der Waals surface area contributed by atoms with Crippen molar-refractivity contribution in [3.05, 3.63) is 29.8 Å². The molecule has 0 saturated carbocycles. The Morgan fingerprint density at radius 2 is 1.07 bits per heavy atom. The van der Waals surface area contributed by atoms with Crippen molar-refractivity contribution in [1.82, 2.24) is 0 Å². The van der Waals surface area contributed by atoms with Gasteiger partial charge in [-0.1, -0.05) is 122 Å². The predicted octanol–water partition coefficient (Wildman–Crippen LogP) is 9.28. The fourth-order valence-electron chi connectivity index (χ4n) is 3.86. The first-order valence-electron chi connectivity index (χ1n) is 12.6. The zero-order chi connectivity index (χ0) is 20.1. The van der Waals surface area contributed by atoms with Gasteiger partial charge in [0, 0.05) is 0 Å². The van der Waals surface area contributed by atoms with Gasteiger partial charge in [-0.25, -0.2) is 0 Å². The van der Waals surface area contributed by atoms with E-state index in [1.54, 1.807) is 0 Å². The second kappa shape index (κ2) is 19.3. The van der Waals surface area contributed by atoms with Crippen LogP contribution in [0.1, 0.15) is 129 Å². The van der Waals surface area contributed by atoms with Gasteiger partial charge in [-0.3, -0.25) is 0 Å². The van der Waals surface area contributed by atoms with E-state index in [0.717, 1.165) is 12.4 Å². The second-order valence-electron chi connectivity index (χ2n) is 8.55. The van der Waals surface area contributed by atoms with E-state index in [-0.39, 0.29) is 0 Å². The molecular weight excluding hydrogens is 340 g/mol. The van der Waals surface area contributed by atoms with Crippen molar-refractivity contribution in [1.29, 1.82) is 0 Å². The van der Waals surface area contributed by atoms with Gasteiger partial charge >= 0.3 is 0 Å². The van der Waals surface area contributed by atoms with Crippen LogP contribution in [0.3, 0.4) is 0 Å². The van der Waals surface area contributed by atoms with Crippen LogP contribution in [0, 0.1) is 0 Å². The lowest BCUT2D eigenvalue weighted by molar-refractivity contribution is 0.305. The quantitative estimate of drug-likeness (QED) is 0.202. The summed E-state index contributed by atoms with van der Waals surface area (Å²) in [5, 5.41) is 0. The SMILES string of the molecule is CCCCCCCCCCCCCCCc1cccc(OCCCCCC)c1. The van der Waals surface area contributed by atoms with E-state index in [2.05, 4.69) is 38.1 Å². The maximum absolute atomic E-state index is 5.91. The average Bonchev–Trinajstić information content (AvgIpc) is 2.71. The number of rotatable bonds is 20. The number of benzene rings is 1. The minimum absolute atomic E-state index is 0.863. The number of hydrogen-bond donors (Lipinski definition) is 0. The molecule has 0 aliphatic rings. The van der Waals surface area contributed by atoms with E-state index in [0.29, 0.717) is 0 Å². The van der Waals surface area contributed by atoms with E-state index in [9.17, 15) is 0 Å². The van der Waals surface area contributed by atoms with Crippen LogP contribution in [0.4, 0.5) is 0 Å². The number of ether oxygens (including phenoxy) is 1. The lowest BCUT2D eigenvalue weighted by Crippen LogP contribution is -1.98. The Balaban J connectivity index is 1.94. The molecule has 1 aromatic carbocycles. The summed E-state index contributed by atoms with van der Waals surface area (Å²) < 4.78 is 5.91. The van der Waals surface area contributed by atoms with Gasteiger partial charge in [0.05, 0.1) is 6.61 Å². The van der Waals surface area contributed by atoms with Crippen LogP contribution in [0.5, 0.6) is 5.75 Å². The molecule has 28 heavy (non-hydrogen) atoms. The summed E-state index contributed by atoms with van der Waals surface area (Å²) in [4.78, 5) is 0. The van der Waals surface area contributed by atoms with Crippen molar-refractivity contribution in [2.24, 2.45) is 0 Å². The molecule has 0 atom stereocenters. The highest BCUT2D eigenvalue weighted by Gasteiger charge is 1.99. The van der Waals surface area contributed by atoms with Gasteiger partial charge in [0.2, 0.25) is 0 Å². The molecule has 0 amide bonds. The highest BCUT2D eigenvalue weighted by atomic mass is 16.5. The smallest absolute Gasteiger partial charge is 0.119 e. The second-order valence-corrected chi connectivity index (χ2v) is 8.55. The predicted molar refractivity (Wildman–Crippen MR) is 125 cm³/mol. The fourth-order valence-corrected chi connectivity index (χ4v) is 3.86. The molecule has 0 aromatic heterocycles. The standard InChI is InChI=1S/C27H48O/c1-3-5-7-9-10-11-12-13-14-15-16-17-18-21-26-22-20-23-27(25-26)28-24-19-8-6-4-2/h20,22-23,25H,3-19,21,24H2,1-2H3. The van der Waals surface area contributed by atoms with Crippen LogP contribution in [-0.2, 0) is 6.42 Å². The summed E-state index contributed by atoms with van der Waals surface area (Å²) >= 11 is 0. The summed E-state index contributed by atoms with van der Waals surface area (Å²) in [5.41, 5.74) is 1.44. The van der Waals surface area contributed by atoms with Gasteiger partial charge in [0.15, 0.2) is 0 Å². The molecule has 1 aromatic rings. The summed E-state index contributed by atoms with van der Waals surface area (Å²) in [6.45, 7) is 5.41. The van der Waals surface area contributed by atoms with Crippen LogP contribution in [0.15, 0.2) is 24.3 Å². The Morgan fingerprint density at radius 1 is 0.571 bits per heavy atom. The largest absolute Gasteiger partial charge is 0.494 e. The summed E-state index contributed by atoms with van der Waals surface area (Å²) in [5.74, 6) is 1.06. The Bertz CT molecular complexity index is 440. The number of hydrogen-bond acceptors (Lipinski definition) is 1. The van der Waals surface area contributed by atoms with E-state index in [4.69, 9.17) is 4.74 Å². The molecule has 0 radical (unpaired) electrons. The monoisotopic (exact) mass is 388 g/mol. The van der Waals surface area contributed by atoms with Crippen LogP contribution < -0.4 is 4.74 Å². The van der Waals surface area contributed by atoms with Crippen LogP contribution >= 0.6 is 0 Å². The third-order valence-corrected chi connectivity index (χ3v) is 5.73. The highest BCUT2D eigenvalue weighted by molar-refractivity contribution is 5.28. The summed E-state index contributed by atoms with van der Waals surface area (Å²) in [7, 11) is 0. The lowest BCUT2D eigenvalue weighted by Gasteiger charge is -2.08. The summed E-state index contributed by atoms with van der Waals surface area (Å²) in [6.07, 6.45) is 24.8. The lowest BCUT2D eigenvalue weighted by atomic mass is 10.0. The first kappa shape index (κ1) is 25.1. The summed E-state index contributed by atoms with van der Waals surface area (Å²) in [6, 6.07) is 8.76. The first-order valence-corrected chi connectivity index (χ1v) is 12.6. The van der Waals surface area contributed by atoms with Crippen molar-refractivity contribution in [3.63, 3.8) is 0 Å². The molecular formula is C27H48O. The topological polar surface area (TPSA) is 9.23 Å². The van der Waals surface area contributed by atoms with E-state index < -0.39 is 0 Å². The van der Waals surface area contributed by atoms with Gasteiger partial charge in [0.1, 0.15) is 5.75 Å². The number of aryl methyl sites for hydroxylation is 1. The van der Waals surface area contributed by atoms with Crippen LogP contribution in [-0.4, -0.2) is 6.61 Å². The Morgan fingerprint density at radius 3 is 1.64 bits per heavy atom. The molecule has 162 valence electrons. The van der Waals surface area contributed by atoms with Gasteiger partial charge in [-0.15, -0.1) is 0 Å². The Hall–Kier alpha value is -0.980. The van der Waals surface area contributed by atoms with Gasteiger partial charge in [-0.05, 0) is 37.0 Å². The van der Waals surface area contributed by atoms with Crippen LogP contribution in [0.2, 0.25) is 0 Å². The highest BCUT2D eigenvalue weighted by Crippen LogP contribution is 2.17. The minimum atomic E-state index is 0.863. The third-order valence-electron chi connectivity index (χ3n) is 5.73. The molecule has 0 saturated heterocycles. The van der Waals surface area contributed by atoms with Crippen molar-refractivity contribution < 1.29 is 4.74 Å². The van der Waals surface area contributed by atoms with Gasteiger partial charge in [-0.2, -0.15) is 0 Å². The molecule has 1 nitrogen and oxygen atoms in total. The normalized spacial score (nSPS) is 11.1. The maximum atomic E-state index is 5.91. The van der Waals surface area contributed by atoms with E-state index in [1.807, 2.05) is 0 Å². The molecule has 0 heterocycles. The minimum Gasteiger partial charge on any atom is -0.494 e. The molecule has 0 bridgehead atoms. The average molecular weight is 389 g/mol. The molecule has 0 unspecified atom stereocenters. The molecule has 0 aliphatic heterocycles. The molecule has 1 heteroatoms. The van der Waals surface area contributed by atoms with Gasteiger partial charge < -0.3 is 4.74 Å². The third kappa shape index (κ3) is 15.0. The molecule has 1 rings (SSSR count). The van der Waals surface area contributed by atoms with Crippen molar-refractivity contribution in [3.8, 4) is 5.75 Å². The maximum Gasteiger partial charge on any atom is 0.119 e. The number of unbranched alkanes of at least 4 members (excludes halogenated alkanes) is 15. The molecule has 0 N–H and O–H groups in total. The molecule has 0 fully saturated rings. The van der Waals surface area contributed by atoms with Crippen molar-refractivity contribution in [2.45, 2.75) is 129 Å². The van der Waals surface area contributed by atoms with E-state index >= 15 is 0 Å². The Labute approximate surface area is 176 Å². The first-order chi connectivity index (χ1) is 13.9. The van der Waals surface area contributed by atoms with Crippen molar-refractivity contribution >= 4 is 0 Å². The Kier molecular flexibility index (Phi) is 17.3. The fraction of sp³-hybridized carbons (Fsp3) is 0.778. The molecule has 0 spiro atoms. The van der Waals surface area contributed by atoms with Crippen molar-refractivity contribution in [2.75, 3.05) is 6.61 Å². The zero-order valence-corrected chi connectivity index (χ0v) is 19.2. The zero-order valence-electron chi connectivity index (χ0n) is 19.2. The van der Waals surface area contributed by atoms with E-state index in [1.165, 1.54) is 121 Å². The molecule has 0 aliphatic carbocycles. The van der Waals surface area contributed by atoms with Crippen LogP contribution in [0.25, 0.3) is 0 Å².